The minimum absolute atomic E-state index is 0.200. The average Bonchev–Trinajstić information content (AvgIpc) is 3.18. The molecule has 0 saturated carbocycles. The predicted molar refractivity (Wildman–Crippen MR) is 112 cm³/mol. The lowest BCUT2D eigenvalue weighted by atomic mass is 9.93. The maximum absolute atomic E-state index is 12.2. The first kappa shape index (κ1) is 20.8. The van der Waals surface area contributed by atoms with Gasteiger partial charge in [0.1, 0.15) is 11.5 Å². The van der Waals surface area contributed by atoms with Gasteiger partial charge in [0.25, 0.3) is 5.91 Å². The van der Waals surface area contributed by atoms with Crippen molar-refractivity contribution in [2.24, 2.45) is 0 Å². The van der Waals surface area contributed by atoms with Gasteiger partial charge in [0.15, 0.2) is 5.82 Å². The Morgan fingerprint density at radius 1 is 1.03 bits per heavy atom. The lowest BCUT2D eigenvalue weighted by molar-refractivity contribution is 0.0962. The lowest BCUT2D eigenvalue weighted by Gasteiger charge is -2.12. The largest absolute Gasteiger partial charge is 0.439 e. The van der Waals surface area contributed by atoms with Crippen LogP contribution >= 0.6 is 0 Å². The summed E-state index contributed by atoms with van der Waals surface area (Å²) in [5.41, 5.74) is 0.805. The first-order valence-corrected chi connectivity index (χ1v) is 9.26. The quantitative estimate of drug-likeness (QED) is 0.582. The SMILES string of the molecule is CNC(=O)c1ccnc(Oc2ccc(NC(=O)Nc3cc(C(C)(C)C)on3)cc2)c1. The van der Waals surface area contributed by atoms with Crippen LogP contribution in [0.3, 0.4) is 0 Å². The van der Waals surface area contributed by atoms with E-state index in [1.165, 1.54) is 6.20 Å². The summed E-state index contributed by atoms with van der Waals surface area (Å²) in [5, 5.41) is 11.7. The van der Waals surface area contributed by atoms with E-state index in [9.17, 15) is 9.59 Å². The van der Waals surface area contributed by atoms with Gasteiger partial charge in [0.2, 0.25) is 5.88 Å². The number of rotatable bonds is 5. The Hall–Kier alpha value is -3.88. The molecule has 9 nitrogen and oxygen atoms in total. The van der Waals surface area contributed by atoms with Gasteiger partial charge in [-0.15, -0.1) is 0 Å². The number of nitrogens with zero attached hydrogens (tertiary/aromatic N) is 2. The highest BCUT2D eigenvalue weighted by molar-refractivity contribution is 5.99. The second-order valence-electron chi connectivity index (χ2n) is 7.49. The molecule has 0 aliphatic rings. The first-order chi connectivity index (χ1) is 14.2. The summed E-state index contributed by atoms with van der Waals surface area (Å²) in [6.07, 6.45) is 1.50. The Bertz CT molecular complexity index is 1040. The second kappa shape index (κ2) is 8.64. The summed E-state index contributed by atoms with van der Waals surface area (Å²) in [6.45, 7) is 5.97. The van der Waals surface area contributed by atoms with E-state index >= 15 is 0 Å². The fourth-order valence-corrected chi connectivity index (χ4v) is 2.44. The summed E-state index contributed by atoms with van der Waals surface area (Å²) < 4.78 is 10.9. The van der Waals surface area contributed by atoms with Crippen LogP contribution in [0, 0.1) is 0 Å². The van der Waals surface area contributed by atoms with Crippen molar-refractivity contribution in [1.82, 2.24) is 15.5 Å². The van der Waals surface area contributed by atoms with Crippen molar-refractivity contribution in [1.29, 1.82) is 0 Å². The highest BCUT2D eigenvalue weighted by atomic mass is 16.5. The molecule has 3 aromatic rings. The number of benzene rings is 1. The molecule has 156 valence electrons. The molecule has 30 heavy (non-hydrogen) atoms. The number of aromatic nitrogens is 2. The molecule has 0 radical (unpaired) electrons. The fourth-order valence-electron chi connectivity index (χ4n) is 2.44. The highest BCUT2D eigenvalue weighted by Crippen LogP contribution is 2.25. The van der Waals surface area contributed by atoms with Crippen LogP contribution in [0.4, 0.5) is 16.3 Å². The number of nitrogens with one attached hydrogen (secondary N) is 3. The Labute approximate surface area is 173 Å². The molecular formula is C21H23N5O4. The molecule has 0 atom stereocenters. The molecule has 3 rings (SSSR count). The molecule has 0 aliphatic heterocycles. The summed E-state index contributed by atoms with van der Waals surface area (Å²) in [6, 6.07) is 11.1. The number of carbonyl (C=O) groups excluding carboxylic acids is 2. The number of urea groups is 1. The molecule has 0 spiro atoms. The van der Waals surface area contributed by atoms with Gasteiger partial charge in [-0.05, 0) is 30.3 Å². The van der Waals surface area contributed by atoms with Crippen molar-refractivity contribution in [2.75, 3.05) is 17.7 Å². The fraction of sp³-hybridized carbons (Fsp3) is 0.238. The maximum Gasteiger partial charge on any atom is 0.324 e. The molecule has 2 heterocycles. The van der Waals surface area contributed by atoms with Crippen LogP contribution in [0.5, 0.6) is 11.6 Å². The van der Waals surface area contributed by atoms with Gasteiger partial charge in [0.05, 0.1) is 0 Å². The maximum atomic E-state index is 12.2. The van der Waals surface area contributed by atoms with Gasteiger partial charge < -0.3 is 19.9 Å². The molecule has 9 heteroatoms. The smallest absolute Gasteiger partial charge is 0.324 e. The summed E-state index contributed by atoms with van der Waals surface area (Å²) >= 11 is 0. The molecule has 0 unspecified atom stereocenters. The predicted octanol–water partition coefficient (Wildman–Crippen LogP) is 4.16. The number of amides is 3. The third kappa shape index (κ3) is 5.34. The third-order valence-corrected chi connectivity index (χ3v) is 4.05. The minimum Gasteiger partial charge on any atom is -0.439 e. The van der Waals surface area contributed by atoms with Gasteiger partial charge in [-0.3, -0.25) is 10.1 Å². The van der Waals surface area contributed by atoms with Gasteiger partial charge >= 0.3 is 6.03 Å². The molecule has 2 aromatic heterocycles. The van der Waals surface area contributed by atoms with Gasteiger partial charge in [-0.1, -0.05) is 25.9 Å². The third-order valence-electron chi connectivity index (χ3n) is 4.05. The first-order valence-electron chi connectivity index (χ1n) is 9.26. The monoisotopic (exact) mass is 409 g/mol. The van der Waals surface area contributed by atoms with Crippen LogP contribution in [0.1, 0.15) is 36.9 Å². The molecule has 1 aromatic carbocycles. The van der Waals surface area contributed by atoms with E-state index in [1.54, 1.807) is 49.5 Å². The Morgan fingerprint density at radius 3 is 2.40 bits per heavy atom. The molecular weight excluding hydrogens is 386 g/mol. The van der Waals surface area contributed by atoms with E-state index in [0.29, 0.717) is 28.6 Å². The molecule has 0 fully saturated rings. The summed E-state index contributed by atoms with van der Waals surface area (Å²) in [4.78, 5) is 27.9. The Kier molecular flexibility index (Phi) is 6.01. The number of anilines is 2. The van der Waals surface area contributed by atoms with Crippen LogP contribution in [-0.2, 0) is 5.41 Å². The number of hydrogen-bond acceptors (Lipinski definition) is 6. The number of hydrogen-bond donors (Lipinski definition) is 3. The molecule has 0 saturated heterocycles. The van der Waals surface area contributed by atoms with Gasteiger partial charge in [0, 0.05) is 42.0 Å². The molecule has 0 aliphatic carbocycles. The van der Waals surface area contributed by atoms with Crippen LogP contribution in [0.15, 0.2) is 53.2 Å². The molecule has 3 N–H and O–H groups in total. The zero-order valence-electron chi connectivity index (χ0n) is 17.1. The molecule has 0 bridgehead atoms. The second-order valence-corrected chi connectivity index (χ2v) is 7.49. The summed E-state index contributed by atoms with van der Waals surface area (Å²) in [7, 11) is 1.55. The van der Waals surface area contributed by atoms with Crippen LogP contribution in [0.25, 0.3) is 0 Å². The van der Waals surface area contributed by atoms with Crippen molar-refractivity contribution in [2.45, 2.75) is 26.2 Å². The van der Waals surface area contributed by atoms with Crippen molar-refractivity contribution in [3.63, 3.8) is 0 Å². The lowest BCUT2D eigenvalue weighted by Crippen LogP contribution is -2.19. The zero-order valence-corrected chi connectivity index (χ0v) is 17.1. The van der Waals surface area contributed by atoms with Crippen molar-refractivity contribution >= 4 is 23.4 Å². The van der Waals surface area contributed by atoms with Crippen molar-refractivity contribution < 1.29 is 18.8 Å². The van der Waals surface area contributed by atoms with Crippen LogP contribution < -0.4 is 20.7 Å². The zero-order chi connectivity index (χ0) is 21.7. The van der Waals surface area contributed by atoms with E-state index in [0.717, 1.165) is 0 Å². The standard InChI is InChI=1S/C21H23N5O4/c1-21(2,3)16-12-17(26-30-16)25-20(28)24-14-5-7-15(8-6-14)29-18-11-13(9-10-23-18)19(27)22-4/h5-12H,1-4H3,(H,22,27)(H2,24,25,26,28). The Balaban J connectivity index is 1.58. The summed E-state index contributed by atoms with van der Waals surface area (Å²) in [5.74, 6) is 1.58. The van der Waals surface area contributed by atoms with Crippen LogP contribution in [0.2, 0.25) is 0 Å². The van der Waals surface area contributed by atoms with Crippen molar-refractivity contribution in [3.8, 4) is 11.6 Å². The van der Waals surface area contributed by atoms with E-state index in [1.807, 2.05) is 20.8 Å². The molecule has 3 amide bonds. The minimum atomic E-state index is -0.447. The highest BCUT2D eigenvalue weighted by Gasteiger charge is 2.20. The van der Waals surface area contributed by atoms with Gasteiger partial charge in [-0.25, -0.2) is 9.78 Å². The number of carbonyl (C=O) groups is 2. The number of ether oxygens (including phenoxy) is 1. The van der Waals surface area contributed by atoms with E-state index in [2.05, 4.69) is 26.1 Å². The average molecular weight is 409 g/mol. The normalized spacial score (nSPS) is 10.9. The number of pyridine rings is 1. The van der Waals surface area contributed by atoms with Gasteiger partial charge in [-0.2, -0.15) is 0 Å². The van der Waals surface area contributed by atoms with E-state index in [4.69, 9.17) is 9.26 Å². The van der Waals surface area contributed by atoms with Crippen LogP contribution in [-0.4, -0.2) is 29.1 Å². The van der Waals surface area contributed by atoms with Crippen molar-refractivity contribution in [3.05, 3.63) is 60.0 Å². The van der Waals surface area contributed by atoms with E-state index < -0.39 is 6.03 Å². The Morgan fingerprint density at radius 2 is 1.77 bits per heavy atom. The topological polar surface area (TPSA) is 118 Å². The van der Waals surface area contributed by atoms with E-state index in [-0.39, 0.29) is 17.2 Å².